The number of rotatable bonds is 5. The van der Waals surface area contributed by atoms with Crippen molar-refractivity contribution >= 4 is 46.2 Å². The molecule has 7 nitrogen and oxygen atoms in total. The van der Waals surface area contributed by atoms with Gasteiger partial charge in [0.15, 0.2) is 0 Å². The smallest absolute Gasteiger partial charge is 0.573 e. The summed E-state index contributed by atoms with van der Waals surface area (Å²) >= 11 is 10.2. The highest BCUT2D eigenvalue weighted by atomic mass is 35.5. The van der Waals surface area contributed by atoms with Crippen molar-refractivity contribution in [1.29, 1.82) is 0 Å². The summed E-state index contributed by atoms with van der Waals surface area (Å²) in [5.74, 6) is -0.435. The fraction of sp³-hybridized carbons (Fsp3) is 0.0952. The zero-order chi connectivity index (χ0) is 25.3. The normalized spacial score (nSPS) is 11.6. The Kier molecular flexibility index (Phi) is 10.1. The van der Waals surface area contributed by atoms with Crippen LogP contribution in [0.3, 0.4) is 0 Å². The first-order valence-corrected chi connectivity index (χ1v) is 11.1. The summed E-state index contributed by atoms with van der Waals surface area (Å²) in [6.45, 7) is 0.314. The van der Waals surface area contributed by atoms with E-state index in [9.17, 15) is 18.0 Å². The highest BCUT2D eigenvalue weighted by Gasteiger charge is 2.32. The minimum atomic E-state index is -4.87. The molecule has 0 radical (unpaired) electrons. The maximum Gasteiger partial charge on any atom is 0.573 e. The molecular weight excluding hydrogens is 518 g/mol. The van der Waals surface area contributed by atoms with Crippen LogP contribution in [-0.2, 0) is 17.8 Å². The third kappa shape index (κ3) is 9.20. The van der Waals surface area contributed by atoms with Gasteiger partial charge in [-0.05, 0) is 23.8 Å². The molecule has 182 valence electrons. The molecule has 0 bridgehead atoms. The van der Waals surface area contributed by atoms with Gasteiger partial charge in [-0.1, -0.05) is 71.7 Å². The molecule has 0 aliphatic carbocycles. The van der Waals surface area contributed by atoms with Gasteiger partial charge in [0.2, 0.25) is 0 Å². The number of carbonyl (C=O) groups excluding carboxylic acids is 1. The zero-order valence-electron chi connectivity index (χ0n) is 17.1. The standard InChI is InChI=1S/C21H15Cl2F3N2O2.H3NO2S/c22-16-10-14(28-20(29)27-12-13-6-2-1-3-7-13)11-17(23)19(16)15-8-4-5-9-18(15)30-21(24,25)26;1-4(2)3/h1-11H,12H2,(H2,27,28,29);1H2,(H,2,3)/p-1. The van der Waals surface area contributed by atoms with E-state index in [0.717, 1.165) is 5.56 Å². The molecule has 4 N–H and O–H groups in total. The number of anilines is 1. The predicted molar refractivity (Wildman–Crippen MR) is 124 cm³/mol. The number of halogens is 5. The molecule has 0 aromatic heterocycles. The van der Waals surface area contributed by atoms with Crippen LogP contribution in [-0.4, -0.2) is 21.2 Å². The number of benzene rings is 3. The van der Waals surface area contributed by atoms with Crippen LogP contribution in [0.2, 0.25) is 10.0 Å². The summed E-state index contributed by atoms with van der Waals surface area (Å²) < 4.78 is 59.7. The summed E-state index contributed by atoms with van der Waals surface area (Å²) in [6, 6.07) is 17.1. The lowest BCUT2D eigenvalue weighted by molar-refractivity contribution is -0.274. The van der Waals surface area contributed by atoms with Gasteiger partial charge in [-0.25, -0.2) is 4.79 Å². The quantitative estimate of drug-likeness (QED) is 0.368. The Morgan fingerprint density at radius 2 is 1.56 bits per heavy atom. The highest BCUT2D eigenvalue weighted by molar-refractivity contribution is 7.76. The number of carbonyl (C=O) groups is 1. The SMILES string of the molecule is NS(=O)[O-].O=C(NCc1ccccc1)Nc1cc(Cl)c(-c2ccccc2OC(F)(F)F)c(Cl)c1. The van der Waals surface area contributed by atoms with Crippen LogP contribution >= 0.6 is 23.2 Å². The first kappa shape index (κ1) is 27.4. The molecule has 1 atom stereocenters. The van der Waals surface area contributed by atoms with E-state index in [-0.39, 0.29) is 26.9 Å². The van der Waals surface area contributed by atoms with E-state index in [1.807, 2.05) is 30.3 Å². The van der Waals surface area contributed by atoms with Crippen LogP contribution < -0.4 is 20.5 Å². The minimum absolute atomic E-state index is 0.0547. The molecular formula is C21H17Cl2F3N3O4S-. The molecule has 2 amide bonds. The van der Waals surface area contributed by atoms with E-state index in [1.54, 1.807) is 0 Å². The molecule has 0 saturated carbocycles. The highest BCUT2D eigenvalue weighted by Crippen LogP contribution is 2.42. The van der Waals surface area contributed by atoms with Gasteiger partial charge in [0.1, 0.15) is 5.75 Å². The van der Waals surface area contributed by atoms with Crippen molar-refractivity contribution in [2.75, 3.05) is 5.32 Å². The van der Waals surface area contributed by atoms with Crippen LogP contribution in [0.4, 0.5) is 23.7 Å². The van der Waals surface area contributed by atoms with E-state index in [1.165, 1.54) is 36.4 Å². The summed E-state index contributed by atoms with van der Waals surface area (Å²) in [4.78, 5) is 12.1. The Balaban J connectivity index is 0.000000945. The van der Waals surface area contributed by atoms with Crippen molar-refractivity contribution in [3.63, 3.8) is 0 Å². The molecule has 34 heavy (non-hydrogen) atoms. The number of nitrogens with one attached hydrogen (secondary N) is 2. The number of amides is 2. The van der Waals surface area contributed by atoms with Gasteiger partial charge in [0.05, 0.1) is 10.0 Å². The number of hydrogen-bond donors (Lipinski definition) is 3. The lowest BCUT2D eigenvalue weighted by Gasteiger charge is -2.16. The minimum Gasteiger partial charge on any atom is -0.760 e. The Labute approximate surface area is 205 Å². The second-order valence-electron chi connectivity index (χ2n) is 6.41. The van der Waals surface area contributed by atoms with Crippen molar-refractivity contribution in [2.45, 2.75) is 12.9 Å². The van der Waals surface area contributed by atoms with Crippen LogP contribution in [0.25, 0.3) is 11.1 Å². The van der Waals surface area contributed by atoms with Crippen LogP contribution in [0.15, 0.2) is 66.7 Å². The fourth-order valence-electron chi connectivity index (χ4n) is 2.74. The van der Waals surface area contributed by atoms with Crippen molar-refractivity contribution in [3.05, 3.63) is 82.3 Å². The second-order valence-corrected chi connectivity index (χ2v) is 7.75. The average Bonchev–Trinajstić information content (AvgIpc) is 2.72. The molecule has 3 aromatic rings. The number of urea groups is 1. The topological polar surface area (TPSA) is 117 Å². The van der Waals surface area contributed by atoms with Crippen LogP contribution in [0, 0.1) is 0 Å². The van der Waals surface area contributed by atoms with Gasteiger partial charge in [0, 0.05) is 34.6 Å². The molecule has 0 heterocycles. The van der Waals surface area contributed by atoms with Gasteiger partial charge in [-0.3, -0.25) is 9.35 Å². The number of ether oxygens (including phenoxy) is 1. The number of para-hydroxylation sites is 1. The molecule has 0 fully saturated rings. The lowest BCUT2D eigenvalue weighted by atomic mass is 10.0. The van der Waals surface area contributed by atoms with Crippen molar-refractivity contribution in [2.24, 2.45) is 5.14 Å². The van der Waals surface area contributed by atoms with E-state index in [4.69, 9.17) is 32.0 Å². The summed E-state index contributed by atoms with van der Waals surface area (Å²) in [5.41, 5.74) is 1.44. The lowest BCUT2D eigenvalue weighted by Crippen LogP contribution is -2.28. The Bertz CT molecular complexity index is 1120. The third-order valence-electron chi connectivity index (χ3n) is 3.98. The predicted octanol–water partition coefficient (Wildman–Crippen LogP) is 5.62. The first-order chi connectivity index (χ1) is 16.0. The molecule has 0 aliphatic heterocycles. The molecule has 3 aromatic carbocycles. The van der Waals surface area contributed by atoms with E-state index < -0.39 is 29.4 Å². The Hall–Kier alpha value is -2.83. The molecule has 0 aliphatic rings. The second kappa shape index (κ2) is 12.6. The molecule has 3 rings (SSSR count). The fourth-order valence-corrected chi connectivity index (χ4v) is 3.43. The van der Waals surface area contributed by atoms with Gasteiger partial charge in [-0.15, -0.1) is 13.2 Å². The molecule has 1 unspecified atom stereocenters. The van der Waals surface area contributed by atoms with E-state index in [0.29, 0.717) is 6.54 Å². The monoisotopic (exact) mass is 534 g/mol. The Morgan fingerprint density at radius 1 is 1.03 bits per heavy atom. The van der Waals surface area contributed by atoms with Gasteiger partial charge in [0.25, 0.3) is 0 Å². The van der Waals surface area contributed by atoms with Gasteiger partial charge in [-0.2, -0.15) is 0 Å². The van der Waals surface area contributed by atoms with Gasteiger partial charge >= 0.3 is 12.4 Å². The van der Waals surface area contributed by atoms with Crippen molar-refractivity contribution in [3.8, 4) is 16.9 Å². The largest absolute Gasteiger partial charge is 0.760 e. The van der Waals surface area contributed by atoms with E-state index in [2.05, 4.69) is 20.5 Å². The van der Waals surface area contributed by atoms with Crippen molar-refractivity contribution < 1.29 is 31.5 Å². The van der Waals surface area contributed by atoms with E-state index >= 15 is 0 Å². The van der Waals surface area contributed by atoms with Crippen LogP contribution in [0.5, 0.6) is 5.75 Å². The summed E-state index contributed by atoms with van der Waals surface area (Å²) in [5, 5.41) is 9.42. The number of alkyl halides is 3. The third-order valence-corrected chi connectivity index (χ3v) is 4.57. The molecule has 0 spiro atoms. The zero-order valence-corrected chi connectivity index (χ0v) is 19.4. The average molecular weight is 535 g/mol. The molecule has 0 saturated heterocycles. The first-order valence-electron chi connectivity index (χ1n) is 9.23. The number of nitrogens with two attached hydrogens (primary N) is 1. The summed E-state index contributed by atoms with van der Waals surface area (Å²) in [6.07, 6.45) is -4.87. The maximum atomic E-state index is 12.7. The van der Waals surface area contributed by atoms with Gasteiger partial charge < -0.3 is 19.9 Å². The van der Waals surface area contributed by atoms with Crippen LogP contribution in [0.1, 0.15) is 5.56 Å². The maximum absolute atomic E-state index is 12.7. The summed E-state index contributed by atoms with van der Waals surface area (Å²) in [7, 11) is 0. The molecule has 13 heteroatoms. The Morgan fingerprint density at radius 3 is 2.12 bits per heavy atom. The van der Waals surface area contributed by atoms with Crippen molar-refractivity contribution in [1.82, 2.24) is 5.32 Å². The number of hydrogen-bond acceptors (Lipinski definition) is 4.